The molecule has 1 aliphatic heterocycles. The summed E-state index contributed by atoms with van der Waals surface area (Å²) >= 11 is 0. The highest BCUT2D eigenvalue weighted by Gasteiger charge is 2.26. The number of carbonyl (C=O) groups excluding carboxylic acids is 1. The predicted octanol–water partition coefficient (Wildman–Crippen LogP) is -2.02. The number of rotatable bonds is 12. The molecule has 8 nitrogen and oxygen atoms in total. The molecule has 1 heterocycles. The number of amides is 2. The van der Waals surface area contributed by atoms with Crippen LogP contribution < -0.4 is 21.7 Å². The third-order valence-electron chi connectivity index (χ3n) is 3.30. The van der Waals surface area contributed by atoms with E-state index in [4.69, 9.17) is 11.0 Å². The van der Waals surface area contributed by atoms with Gasteiger partial charge in [0.05, 0.1) is 12.6 Å². The summed E-state index contributed by atoms with van der Waals surface area (Å²) in [6, 6.07) is 2.15. The first-order valence-corrected chi connectivity index (χ1v) is 7.52. The van der Waals surface area contributed by atoms with Gasteiger partial charge in [-0.05, 0) is 0 Å². The molecule has 0 aromatic rings. The fourth-order valence-corrected chi connectivity index (χ4v) is 2.15. The Kier molecular flexibility index (Phi) is 9.48. The quantitative estimate of drug-likeness (QED) is 0.244. The van der Waals surface area contributed by atoms with Crippen LogP contribution in [0.3, 0.4) is 0 Å². The number of hydrogen-bond acceptors (Lipinski definition) is 6. The second-order valence-corrected chi connectivity index (χ2v) is 4.88. The molecule has 120 valence electrons. The van der Waals surface area contributed by atoms with Gasteiger partial charge in [-0.15, -0.1) is 0 Å². The van der Waals surface area contributed by atoms with Gasteiger partial charge in [-0.3, -0.25) is 0 Å². The van der Waals surface area contributed by atoms with Crippen molar-refractivity contribution in [3.05, 3.63) is 0 Å². The zero-order chi connectivity index (χ0) is 15.3. The first-order valence-electron chi connectivity index (χ1n) is 7.52. The lowest BCUT2D eigenvalue weighted by Gasteiger charge is -2.19. The van der Waals surface area contributed by atoms with Gasteiger partial charge in [0.15, 0.2) is 0 Å². The molecule has 8 heteroatoms. The van der Waals surface area contributed by atoms with E-state index in [0.717, 1.165) is 58.9 Å². The smallest absolute Gasteiger partial charge is 0.320 e. The maximum absolute atomic E-state index is 12.1. The molecule has 0 aromatic heterocycles. The maximum Gasteiger partial charge on any atom is 0.320 e. The van der Waals surface area contributed by atoms with Crippen LogP contribution >= 0.6 is 0 Å². The van der Waals surface area contributed by atoms with Crippen LogP contribution in [0, 0.1) is 11.3 Å². The highest BCUT2D eigenvalue weighted by molar-refractivity contribution is 5.76. The number of nitrogens with two attached hydrogens (primary N) is 1. The summed E-state index contributed by atoms with van der Waals surface area (Å²) in [6.07, 6.45) is 0. The minimum absolute atomic E-state index is 0.119. The maximum atomic E-state index is 12.1. The number of nitriles is 1. The largest absolute Gasteiger partial charge is 0.329 e. The van der Waals surface area contributed by atoms with Gasteiger partial charge in [0, 0.05) is 65.4 Å². The minimum atomic E-state index is 0.119. The van der Waals surface area contributed by atoms with Crippen molar-refractivity contribution in [2.45, 2.75) is 0 Å². The van der Waals surface area contributed by atoms with Crippen LogP contribution in [0.1, 0.15) is 0 Å². The molecule has 0 bridgehead atoms. The van der Waals surface area contributed by atoms with Gasteiger partial charge in [-0.1, -0.05) is 0 Å². The van der Waals surface area contributed by atoms with Crippen molar-refractivity contribution in [3.63, 3.8) is 0 Å². The van der Waals surface area contributed by atoms with E-state index in [9.17, 15) is 4.79 Å². The Bertz CT molecular complexity index is 331. The summed E-state index contributed by atoms with van der Waals surface area (Å²) in [5, 5.41) is 17.8. The van der Waals surface area contributed by atoms with Crippen LogP contribution in [0.5, 0.6) is 0 Å². The second-order valence-electron chi connectivity index (χ2n) is 4.88. The lowest BCUT2D eigenvalue weighted by Crippen LogP contribution is -2.40. The summed E-state index contributed by atoms with van der Waals surface area (Å²) in [5.41, 5.74) is 5.40. The molecule has 0 atom stereocenters. The predicted molar refractivity (Wildman–Crippen MR) is 81.8 cm³/mol. The van der Waals surface area contributed by atoms with Gasteiger partial charge < -0.3 is 31.5 Å². The lowest BCUT2D eigenvalue weighted by molar-refractivity contribution is 0.192. The number of nitrogens with one attached hydrogen (secondary N) is 3. The van der Waals surface area contributed by atoms with Crippen LogP contribution in [0.25, 0.3) is 0 Å². The van der Waals surface area contributed by atoms with Crippen LogP contribution in [0.2, 0.25) is 0 Å². The first-order chi connectivity index (χ1) is 10.3. The molecule has 0 aliphatic carbocycles. The van der Waals surface area contributed by atoms with E-state index < -0.39 is 0 Å². The molecule has 0 spiro atoms. The molecule has 0 aromatic carbocycles. The van der Waals surface area contributed by atoms with Gasteiger partial charge in [-0.2, -0.15) is 5.26 Å². The number of nitrogens with zero attached hydrogens (tertiary/aromatic N) is 3. The van der Waals surface area contributed by atoms with Gasteiger partial charge in [0.25, 0.3) is 0 Å². The van der Waals surface area contributed by atoms with Gasteiger partial charge in [-0.25, -0.2) is 4.79 Å². The van der Waals surface area contributed by atoms with E-state index in [2.05, 4.69) is 16.0 Å². The normalized spacial score (nSPS) is 14.8. The Morgan fingerprint density at radius 2 is 1.57 bits per heavy atom. The molecule has 1 aliphatic rings. The molecule has 1 fully saturated rings. The Morgan fingerprint density at radius 1 is 1.00 bits per heavy atom. The standard InChI is InChI=1S/C13H27N7O/c14-1-3-16-5-6-18-8-10-20-12-11-19(13(20)21)9-7-17-4-2-15/h16-18H,2-12,15H2. The zero-order valence-corrected chi connectivity index (χ0v) is 12.6. The van der Waals surface area contributed by atoms with Gasteiger partial charge >= 0.3 is 6.03 Å². The lowest BCUT2D eigenvalue weighted by atomic mass is 10.5. The van der Waals surface area contributed by atoms with E-state index >= 15 is 0 Å². The third-order valence-corrected chi connectivity index (χ3v) is 3.30. The van der Waals surface area contributed by atoms with Gasteiger partial charge in [0.1, 0.15) is 0 Å². The highest BCUT2D eigenvalue weighted by Crippen LogP contribution is 2.06. The van der Waals surface area contributed by atoms with Crippen molar-refractivity contribution < 1.29 is 4.79 Å². The molecule has 0 radical (unpaired) electrons. The average molecular weight is 297 g/mol. The van der Waals surface area contributed by atoms with Crippen molar-refractivity contribution in [3.8, 4) is 6.07 Å². The van der Waals surface area contributed by atoms with Crippen molar-refractivity contribution in [1.82, 2.24) is 25.8 Å². The van der Waals surface area contributed by atoms with Crippen LogP contribution in [-0.4, -0.2) is 87.8 Å². The summed E-state index contributed by atoms with van der Waals surface area (Å²) in [7, 11) is 0. The highest BCUT2D eigenvalue weighted by atomic mass is 16.2. The molecule has 21 heavy (non-hydrogen) atoms. The summed E-state index contributed by atoms with van der Waals surface area (Å²) in [5.74, 6) is 0. The van der Waals surface area contributed by atoms with E-state index in [-0.39, 0.29) is 6.03 Å². The molecule has 0 saturated carbocycles. The number of urea groups is 1. The Morgan fingerprint density at radius 3 is 2.14 bits per heavy atom. The molecule has 5 N–H and O–H groups in total. The van der Waals surface area contributed by atoms with Crippen molar-refractivity contribution >= 4 is 6.03 Å². The molecule has 1 rings (SSSR count). The monoisotopic (exact) mass is 297 g/mol. The number of hydrogen-bond donors (Lipinski definition) is 4. The fourth-order valence-electron chi connectivity index (χ4n) is 2.15. The Hall–Kier alpha value is -1.40. The second kappa shape index (κ2) is 11.3. The van der Waals surface area contributed by atoms with Crippen LogP contribution in [-0.2, 0) is 0 Å². The van der Waals surface area contributed by atoms with E-state index in [1.807, 2.05) is 15.9 Å². The third kappa shape index (κ3) is 7.24. The molecular weight excluding hydrogens is 270 g/mol. The molecule has 0 unspecified atom stereocenters. The molecular formula is C13H27N7O. The summed E-state index contributed by atoms with van der Waals surface area (Å²) in [4.78, 5) is 15.8. The molecule has 2 amide bonds. The Balaban J connectivity index is 2.04. The Labute approximate surface area is 126 Å². The summed E-state index contributed by atoms with van der Waals surface area (Å²) in [6.45, 7) is 7.97. The summed E-state index contributed by atoms with van der Waals surface area (Å²) < 4.78 is 0. The topological polar surface area (TPSA) is 109 Å². The zero-order valence-electron chi connectivity index (χ0n) is 12.6. The fraction of sp³-hybridized carbons (Fsp3) is 0.846. The number of carbonyl (C=O) groups is 1. The molecule has 1 saturated heterocycles. The minimum Gasteiger partial charge on any atom is -0.329 e. The van der Waals surface area contributed by atoms with Crippen molar-refractivity contribution in [1.29, 1.82) is 5.26 Å². The van der Waals surface area contributed by atoms with E-state index in [0.29, 0.717) is 13.1 Å². The van der Waals surface area contributed by atoms with E-state index in [1.165, 1.54) is 0 Å². The van der Waals surface area contributed by atoms with Crippen molar-refractivity contribution in [2.24, 2.45) is 5.73 Å². The van der Waals surface area contributed by atoms with Crippen LogP contribution in [0.4, 0.5) is 4.79 Å². The van der Waals surface area contributed by atoms with Crippen molar-refractivity contribution in [2.75, 3.05) is 72.0 Å². The van der Waals surface area contributed by atoms with Gasteiger partial charge in [0.2, 0.25) is 0 Å². The first kappa shape index (κ1) is 17.7. The van der Waals surface area contributed by atoms with Crippen LogP contribution in [0.15, 0.2) is 0 Å². The average Bonchev–Trinajstić information content (AvgIpc) is 2.84. The SMILES string of the molecule is N#CCNCCNCCN1CCN(CCNCCN)C1=O. The van der Waals surface area contributed by atoms with E-state index in [1.54, 1.807) is 0 Å².